The predicted molar refractivity (Wildman–Crippen MR) is 107 cm³/mol. The van der Waals surface area contributed by atoms with Crippen LogP contribution < -0.4 is 0 Å². The van der Waals surface area contributed by atoms with Gasteiger partial charge in [-0.2, -0.15) is 0 Å². The second kappa shape index (κ2) is 7.11. The van der Waals surface area contributed by atoms with Crippen molar-refractivity contribution < 1.29 is 0 Å². The largest absolute Gasteiger partial charge is 0.332 e. The van der Waals surface area contributed by atoms with Gasteiger partial charge in [0.05, 0.1) is 0 Å². The summed E-state index contributed by atoms with van der Waals surface area (Å²) in [7, 11) is 0. The summed E-state index contributed by atoms with van der Waals surface area (Å²) in [5, 5.41) is 0. The molecule has 1 aromatic heterocycles. The van der Waals surface area contributed by atoms with Crippen LogP contribution in [0.1, 0.15) is 56.1 Å². The van der Waals surface area contributed by atoms with Crippen LogP contribution in [0.5, 0.6) is 0 Å². The lowest BCUT2D eigenvalue weighted by atomic mass is 9.66. The van der Waals surface area contributed by atoms with Gasteiger partial charge in [-0.25, -0.2) is 4.98 Å². The molecule has 0 aliphatic heterocycles. The molecule has 134 valence electrons. The van der Waals surface area contributed by atoms with Gasteiger partial charge in [-0.05, 0) is 36.3 Å². The van der Waals surface area contributed by atoms with Gasteiger partial charge in [-0.3, -0.25) is 0 Å². The number of imidazole rings is 1. The van der Waals surface area contributed by atoms with Gasteiger partial charge in [-0.1, -0.05) is 74.5 Å². The van der Waals surface area contributed by atoms with E-state index in [-0.39, 0.29) is 5.41 Å². The zero-order valence-electron chi connectivity index (χ0n) is 15.8. The molecule has 0 amide bonds. The molecule has 4 rings (SSSR count). The maximum absolute atomic E-state index is 4.55. The average molecular weight is 345 g/mol. The Morgan fingerprint density at radius 2 is 1.58 bits per heavy atom. The number of hydrogen-bond acceptors (Lipinski definition) is 1. The Labute approximate surface area is 156 Å². The molecule has 2 nitrogen and oxygen atoms in total. The van der Waals surface area contributed by atoms with E-state index in [0.29, 0.717) is 12.0 Å². The topological polar surface area (TPSA) is 17.8 Å². The molecule has 1 fully saturated rings. The van der Waals surface area contributed by atoms with Gasteiger partial charge in [0.25, 0.3) is 0 Å². The van der Waals surface area contributed by atoms with Crippen LogP contribution in [0, 0.1) is 5.92 Å². The van der Waals surface area contributed by atoms with Gasteiger partial charge in [0.15, 0.2) is 0 Å². The summed E-state index contributed by atoms with van der Waals surface area (Å²) in [6, 6.07) is 22.7. The van der Waals surface area contributed by atoms with Crippen molar-refractivity contribution in [3.8, 4) is 0 Å². The monoisotopic (exact) mass is 344 g/mol. The van der Waals surface area contributed by atoms with E-state index in [4.69, 9.17) is 0 Å². The van der Waals surface area contributed by atoms with Gasteiger partial charge in [0.1, 0.15) is 5.82 Å². The van der Waals surface area contributed by atoms with Crippen LogP contribution in [0.15, 0.2) is 73.1 Å². The van der Waals surface area contributed by atoms with Crippen LogP contribution in [0.3, 0.4) is 0 Å². The minimum atomic E-state index is 0.0459. The van der Waals surface area contributed by atoms with E-state index in [9.17, 15) is 0 Å². The van der Waals surface area contributed by atoms with E-state index < -0.39 is 0 Å². The molecule has 3 aromatic rings. The van der Waals surface area contributed by atoms with Crippen molar-refractivity contribution in [1.29, 1.82) is 0 Å². The molecule has 1 aliphatic carbocycles. The van der Waals surface area contributed by atoms with E-state index in [1.54, 1.807) is 0 Å². The molecule has 1 aliphatic rings. The molecular weight excluding hydrogens is 316 g/mol. The molecule has 1 saturated carbocycles. The number of rotatable bonds is 5. The fraction of sp³-hybridized carbons (Fsp3) is 0.375. The minimum Gasteiger partial charge on any atom is -0.332 e. The smallest absolute Gasteiger partial charge is 0.108 e. The fourth-order valence-electron chi connectivity index (χ4n) is 4.89. The lowest BCUT2D eigenvalue weighted by Crippen LogP contribution is -2.32. The highest BCUT2D eigenvalue weighted by atomic mass is 15.1. The molecule has 26 heavy (non-hydrogen) atoms. The van der Waals surface area contributed by atoms with Gasteiger partial charge in [-0.15, -0.1) is 0 Å². The summed E-state index contributed by atoms with van der Waals surface area (Å²) in [5.74, 6) is 1.85. The van der Waals surface area contributed by atoms with Crippen LogP contribution in [-0.2, 0) is 11.8 Å². The standard InChI is InChI=1S/C24H28N2/c1-3-23-25-16-17-26(23)22-15-14-21(18-22)24(2,19-10-6-4-7-11-19)20-12-8-5-9-13-20/h4-13,16-17,21-22H,3,14-15,18H2,1-2H3/t21?,22-/m0/s1. The van der Waals surface area contributed by atoms with E-state index >= 15 is 0 Å². The number of nitrogens with zero attached hydrogens (tertiary/aromatic N) is 2. The Balaban J connectivity index is 1.70. The zero-order chi connectivity index (χ0) is 18.0. The second-order valence-corrected chi connectivity index (χ2v) is 7.70. The van der Waals surface area contributed by atoms with Crippen LogP contribution in [0.25, 0.3) is 0 Å². The van der Waals surface area contributed by atoms with Crippen molar-refractivity contribution in [2.24, 2.45) is 5.92 Å². The molecule has 2 atom stereocenters. The molecule has 0 radical (unpaired) electrons. The molecule has 2 aromatic carbocycles. The lowest BCUT2D eigenvalue weighted by Gasteiger charge is -2.37. The summed E-state index contributed by atoms with van der Waals surface area (Å²) in [4.78, 5) is 4.55. The van der Waals surface area contributed by atoms with Gasteiger partial charge >= 0.3 is 0 Å². The molecule has 0 N–H and O–H groups in total. The Bertz CT molecular complexity index is 795. The van der Waals surface area contributed by atoms with Crippen molar-refractivity contribution in [2.75, 3.05) is 0 Å². The first-order valence-corrected chi connectivity index (χ1v) is 9.86. The maximum atomic E-state index is 4.55. The lowest BCUT2D eigenvalue weighted by molar-refractivity contribution is 0.338. The first-order valence-electron chi connectivity index (χ1n) is 9.86. The van der Waals surface area contributed by atoms with Crippen molar-refractivity contribution in [3.63, 3.8) is 0 Å². The third kappa shape index (κ3) is 2.88. The second-order valence-electron chi connectivity index (χ2n) is 7.70. The molecule has 2 heteroatoms. The number of aryl methyl sites for hydroxylation is 1. The highest BCUT2D eigenvalue weighted by Crippen LogP contribution is 2.49. The van der Waals surface area contributed by atoms with Crippen LogP contribution in [0.4, 0.5) is 0 Å². The predicted octanol–water partition coefficient (Wildman–Crippen LogP) is 5.79. The normalized spacial score (nSPS) is 20.4. The van der Waals surface area contributed by atoms with Crippen molar-refractivity contribution >= 4 is 0 Å². The number of hydrogen-bond donors (Lipinski definition) is 0. The summed E-state index contributed by atoms with van der Waals surface area (Å²) in [6.07, 6.45) is 8.84. The van der Waals surface area contributed by atoms with Gasteiger partial charge in [0.2, 0.25) is 0 Å². The summed E-state index contributed by atoms with van der Waals surface area (Å²) in [5.41, 5.74) is 2.90. The van der Waals surface area contributed by atoms with Crippen molar-refractivity contribution in [2.45, 2.75) is 51.0 Å². The summed E-state index contributed by atoms with van der Waals surface area (Å²) >= 11 is 0. The first kappa shape index (κ1) is 17.1. The SMILES string of the molecule is CCc1nccn1[C@H]1CCC(C(C)(c2ccccc2)c2ccccc2)C1. The molecule has 1 heterocycles. The van der Waals surface area contributed by atoms with Crippen molar-refractivity contribution in [3.05, 3.63) is 90.0 Å². The first-order chi connectivity index (χ1) is 12.7. The van der Waals surface area contributed by atoms with Gasteiger partial charge in [0, 0.05) is 30.3 Å². The van der Waals surface area contributed by atoms with Gasteiger partial charge < -0.3 is 4.57 Å². The van der Waals surface area contributed by atoms with Crippen LogP contribution in [-0.4, -0.2) is 9.55 Å². The minimum absolute atomic E-state index is 0.0459. The number of benzene rings is 2. The molecule has 0 spiro atoms. The fourth-order valence-corrected chi connectivity index (χ4v) is 4.89. The Kier molecular flexibility index (Phi) is 4.67. The van der Waals surface area contributed by atoms with E-state index in [0.717, 1.165) is 6.42 Å². The molecular formula is C24H28N2. The highest BCUT2D eigenvalue weighted by molar-refractivity contribution is 5.39. The molecule has 0 saturated heterocycles. The zero-order valence-corrected chi connectivity index (χ0v) is 15.8. The molecule has 1 unspecified atom stereocenters. The highest BCUT2D eigenvalue weighted by Gasteiger charge is 2.42. The van der Waals surface area contributed by atoms with E-state index in [1.165, 1.54) is 36.2 Å². The van der Waals surface area contributed by atoms with Crippen molar-refractivity contribution in [1.82, 2.24) is 9.55 Å². The van der Waals surface area contributed by atoms with E-state index in [2.05, 4.69) is 90.3 Å². The molecule has 0 bridgehead atoms. The Morgan fingerprint density at radius 1 is 0.962 bits per heavy atom. The van der Waals surface area contributed by atoms with E-state index in [1.807, 2.05) is 6.20 Å². The van der Waals surface area contributed by atoms with Crippen LogP contribution in [0.2, 0.25) is 0 Å². The average Bonchev–Trinajstić information content (AvgIpc) is 3.38. The maximum Gasteiger partial charge on any atom is 0.108 e. The van der Waals surface area contributed by atoms with Crippen LogP contribution >= 0.6 is 0 Å². The summed E-state index contributed by atoms with van der Waals surface area (Å²) in [6.45, 7) is 4.64. The third-order valence-electron chi connectivity index (χ3n) is 6.43. The Hall–Kier alpha value is -2.35. The summed E-state index contributed by atoms with van der Waals surface area (Å²) < 4.78 is 2.43. The third-order valence-corrected chi connectivity index (χ3v) is 6.43. The number of aromatic nitrogens is 2. The Morgan fingerprint density at radius 3 is 2.15 bits per heavy atom. The quantitative estimate of drug-likeness (QED) is 0.572.